The molecule has 3 aromatic rings. The van der Waals surface area contributed by atoms with Gasteiger partial charge in [-0.15, -0.1) is 0 Å². The van der Waals surface area contributed by atoms with Crippen LogP contribution in [0.25, 0.3) is 0 Å². The number of carbonyl (C=O) groups is 2. The van der Waals surface area contributed by atoms with E-state index in [9.17, 15) is 9.59 Å². The number of benzene rings is 2. The summed E-state index contributed by atoms with van der Waals surface area (Å²) in [5.74, 6) is 1.97. The van der Waals surface area contributed by atoms with Crippen molar-refractivity contribution in [2.45, 2.75) is 58.3 Å². The lowest BCUT2D eigenvalue weighted by Crippen LogP contribution is -2.34. The highest BCUT2D eigenvalue weighted by atomic mass is 16.5. The Kier molecular flexibility index (Phi) is 5.55. The minimum Gasteiger partial charge on any atom is -0.497 e. The molecule has 2 atom stereocenters. The number of Topliss-reactive ketones (excluding diaryl/α,β-unsaturated/α-hetero) is 2. The van der Waals surface area contributed by atoms with Gasteiger partial charge in [-0.05, 0) is 53.5 Å². The minimum absolute atomic E-state index is 0.0945. The lowest BCUT2D eigenvalue weighted by molar-refractivity contribution is -0.118. The van der Waals surface area contributed by atoms with Crippen molar-refractivity contribution in [3.63, 3.8) is 0 Å². The molecule has 0 saturated heterocycles. The van der Waals surface area contributed by atoms with Crippen LogP contribution in [-0.2, 0) is 11.2 Å². The number of hydrogen-bond acceptors (Lipinski definition) is 5. The summed E-state index contributed by atoms with van der Waals surface area (Å²) in [5, 5.41) is 0. The van der Waals surface area contributed by atoms with E-state index in [0.717, 1.165) is 33.7 Å². The molecular formula is C32H31NO4. The number of methoxy groups -OCH3 is 1. The third-order valence-corrected chi connectivity index (χ3v) is 8.08. The Labute approximate surface area is 217 Å². The molecule has 37 heavy (non-hydrogen) atoms. The lowest BCUT2D eigenvalue weighted by atomic mass is 9.69. The van der Waals surface area contributed by atoms with Gasteiger partial charge in [-0.25, -0.2) is 4.98 Å². The zero-order chi connectivity index (χ0) is 25.9. The van der Waals surface area contributed by atoms with Gasteiger partial charge in [0.2, 0.25) is 5.88 Å². The van der Waals surface area contributed by atoms with Gasteiger partial charge in [0.05, 0.1) is 12.8 Å². The fourth-order valence-electron chi connectivity index (χ4n) is 6.36. The number of hydrogen-bond donors (Lipinski definition) is 0. The molecule has 1 aliphatic heterocycles. The summed E-state index contributed by atoms with van der Waals surface area (Å²) in [6, 6.07) is 18.0. The third kappa shape index (κ3) is 3.97. The second kappa shape index (κ2) is 8.69. The number of ketones is 2. The van der Waals surface area contributed by atoms with E-state index in [4.69, 9.17) is 14.5 Å². The van der Waals surface area contributed by atoms with Crippen molar-refractivity contribution in [1.29, 1.82) is 0 Å². The minimum atomic E-state index is -0.328. The Balaban J connectivity index is 1.52. The van der Waals surface area contributed by atoms with Gasteiger partial charge in [0, 0.05) is 41.9 Å². The largest absolute Gasteiger partial charge is 0.497 e. The van der Waals surface area contributed by atoms with E-state index < -0.39 is 0 Å². The second-order valence-corrected chi connectivity index (χ2v) is 11.3. The van der Waals surface area contributed by atoms with Crippen LogP contribution in [0.15, 0.2) is 65.9 Å². The molecule has 0 radical (unpaired) electrons. The van der Waals surface area contributed by atoms with Crippen molar-refractivity contribution in [1.82, 2.24) is 4.98 Å². The van der Waals surface area contributed by atoms with Crippen LogP contribution in [0.4, 0.5) is 0 Å². The standard InChI is InChI=1S/C32H31NO4/c1-18-27-23(14-21(15-24(27)34)19-8-6-5-7-9-19)33-31-28(18)29(20-10-12-22(36-4)13-11-20)30-25(35)16-32(2,3)17-26(30)37-31/h5-13,21,29H,14-17H2,1-4H3. The fourth-order valence-corrected chi connectivity index (χ4v) is 6.36. The normalized spacial score (nSPS) is 22.1. The fraction of sp³-hybridized carbons (Fsp3) is 0.344. The monoisotopic (exact) mass is 493 g/mol. The SMILES string of the molecule is COc1ccc(C2C3=C(CC(C)(C)CC3=O)Oc3nc4c(c(C)c32)C(=O)CC(c2ccccc2)C4)cc1. The maximum atomic E-state index is 13.6. The van der Waals surface area contributed by atoms with Crippen LogP contribution in [0.2, 0.25) is 0 Å². The van der Waals surface area contributed by atoms with Crippen LogP contribution >= 0.6 is 0 Å². The van der Waals surface area contributed by atoms with Crippen molar-refractivity contribution in [3.8, 4) is 11.6 Å². The van der Waals surface area contributed by atoms with E-state index in [1.54, 1.807) is 7.11 Å². The number of aromatic nitrogens is 1. The maximum Gasteiger partial charge on any atom is 0.223 e. The average molecular weight is 494 g/mol. The molecule has 2 aromatic carbocycles. The second-order valence-electron chi connectivity index (χ2n) is 11.3. The van der Waals surface area contributed by atoms with Gasteiger partial charge in [-0.3, -0.25) is 9.59 Å². The van der Waals surface area contributed by atoms with Crippen LogP contribution in [0.5, 0.6) is 11.6 Å². The number of ether oxygens (including phenoxy) is 2. The van der Waals surface area contributed by atoms with E-state index in [2.05, 4.69) is 26.0 Å². The van der Waals surface area contributed by atoms with E-state index in [1.165, 1.54) is 0 Å². The molecular weight excluding hydrogens is 462 g/mol. The molecule has 5 nitrogen and oxygen atoms in total. The summed E-state index contributed by atoms with van der Waals surface area (Å²) in [6.07, 6.45) is 2.27. The molecule has 2 aliphatic carbocycles. The molecule has 0 fully saturated rings. The summed E-state index contributed by atoms with van der Waals surface area (Å²) in [5.41, 5.74) is 5.84. The molecule has 0 bridgehead atoms. The molecule has 0 amide bonds. The summed E-state index contributed by atoms with van der Waals surface area (Å²) in [4.78, 5) is 32.1. The average Bonchev–Trinajstić information content (AvgIpc) is 2.87. The van der Waals surface area contributed by atoms with Crippen molar-refractivity contribution < 1.29 is 19.1 Å². The van der Waals surface area contributed by atoms with E-state index in [0.29, 0.717) is 48.5 Å². The zero-order valence-corrected chi connectivity index (χ0v) is 21.8. The number of carbonyl (C=O) groups excluding carboxylic acids is 2. The molecule has 2 unspecified atom stereocenters. The molecule has 0 saturated carbocycles. The lowest BCUT2D eigenvalue weighted by Gasteiger charge is -2.39. The Morgan fingerprint density at radius 3 is 2.35 bits per heavy atom. The van der Waals surface area contributed by atoms with Crippen molar-refractivity contribution in [2.75, 3.05) is 7.11 Å². The van der Waals surface area contributed by atoms with Crippen LogP contribution in [0.1, 0.15) is 83.3 Å². The van der Waals surface area contributed by atoms with Crippen LogP contribution < -0.4 is 9.47 Å². The molecule has 2 heterocycles. The Morgan fingerprint density at radius 1 is 0.919 bits per heavy atom. The first kappa shape index (κ1) is 23.7. The highest BCUT2D eigenvalue weighted by molar-refractivity contribution is 6.02. The first-order valence-electron chi connectivity index (χ1n) is 13.0. The summed E-state index contributed by atoms with van der Waals surface area (Å²) in [7, 11) is 1.64. The topological polar surface area (TPSA) is 65.5 Å². The number of allylic oxidation sites excluding steroid dienone is 2. The smallest absolute Gasteiger partial charge is 0.223 e. The van der Waals surface area contributed by atoms with E-state index in [1.807, 2.05) is 49.4 Å². The van der Waals surface area contributed by atoms with Gasteiger partial charge in [0.25, 0.3) is 0 Å². The Morgan fingerprint density at radius 2 is 1.65 bits per heavy atom. The molecule has 0 N–H and O–H groups in total. The molecule has 5 heteroatoms. The van der Waals surface area contributed by atoms with Crippen molar-refractivity contribution >= 4 is 11.6 Å². The summed E-state index contributed by atoms with van der Waals surface area (Å²) < 4.78 is 11.9. The molecule has 0 spiro atoms. The van der Waals surface area contributed by atoms with Gasteiger partial charge in [-0.1, -0.05) is 56.3 Å². The van der Waals surface area contributed by atoms with E-state index >= 15 is 0 Å². The van der Waals surface area contributed by atoms with Crippen LogP contribution in [0, 0.1) is 12.3 Å². The number of nitrogens with zero attached hydrogens (tertiary/aromatic N) is 1. The van der Waals surface area contributed by atoms with Crippen LogP contribution in [-0.4, -0.2) is 23.7 Å². The third-order valence-electron chi connectivity index (χ3n) is 8.08. The van der Waals surface area contributed by atoms with Crippen LogP contribution in [0.3, 0.4) is 0 Å². The van der Waals surface area contributed by atoms with E-state index in [-0.39, 0.29) is 28.8 Å². The highest BCUT2D eigenvalue weighted by Crippen LogP contribution is 2.52. The van der Waals surface area contributed by atoms with Gasteiger partial charge < -0.3 is 9.47 Å². The van der Waals surface area contributed by atoms with Crippen molar-refractivity contribution in [3.05, 3.63) is 99.4 Å². The van der Waals surface area contributed by atoms with Crippen molar-refractivity contribution in [2.24, 2.45) is 5.41 Å². The van der Waals surface area contributed by atoms with Gasteiger partial charge in [-0.2, -0.15) is 0 Å². The first-order chi connectivity index (χ1) is 17.8. The number of rotatable bonds is 3. The number of pyridine rings is 1. The quantitative estimate of drug-likeness (QED) is 0.418. The number of fused-ring (bicyclic) bond motifs is 2. The summed E-state index contributed by atoms with van der Waals surface area (Å²) >= 11 is 0. The first-order valence-corrected chi connectivity index (χ1v) is 13.0. The molecule has 1 aromatic heterocycles. The molecule has 3 aliphatic rings. The zero-order valence-electron chi connectivity index (χ0n) is 21.8. The molecule has 6 rings (SSSR count). The Bertz CT molecular complexity index is 1450. The molecule has 188 valence electrons. The van der Waals surface area contributed by atoms with Gasteiger partial charge in [0.1, 0.15) is 11.5 Å². The van der Waals surface area contributed by atoms with Gasteiger partial charge in [0.15, 0.2) is 11.6 Å². The highest BCUT2D eigenvalue weighted by Gasteiger charge is 2.44. The maximum absolute atomic E-state index is 13.6. The van der Waals surface area contributed by atoms with Gasteiger partial charge >= 0.3 is 0 Å². The predicted octanol–water partition coefficient (Wildman–Crippen LogP) is 6.48. The summed E-state index contributed by atoms with van der Waals surface area (Å²) in [6.45, 7) is 6.19. The predicted molar refractivity (Wildman–Crippen MR) is 141 cm³/mol. The Hall–Kier alpha value is -3.73.